The number of piperidine rings is 3. The van der Waals surface area contributed by atoms with Crippen molar-refractivity contribution >= 4 is 46.3 Å². The summed E-state index contributed by atoms with van der Waals surface area (Å²) >= 11 is 0. The second-order valence-corrected chi connectivity index (χ2v) is 17.5. The van der Waals surface area contributed by atoms with E-state index >= 15 is 4.39 Å². The minimum atomic E-state index is -1.21. The number of nitriles is 1. The van der Waals surface area contributed by atoms with E-state index in [9.17, 15) is 29.5 Å². The van der Waals surface area contributed by atoms with Gasteiger partial charge in [-0.15, -0.1) is 0 Å². The predicted molar refractivity (Wildman–Crippen MR) is 239 cm³/mol. The fraction of sp³-hybridized carbons (Fsp3) is 0.391. The number of pyridine rings is 1. The van der Waals surface area contributed by atoms with Gasteiger partial charge in [-0.05, 0) is 62.4 Å². The van der Waals surface area contributed by atoms with E-state index in [-0.39, 0.29) is 42.3 Å². The van der Waals surface area contributed by atoms with Crippen LogP contribution in [0.15, 0.2) is 78.2 Å². The number of fused-ring (bicyclic) bond motifs is 1. The summed E-state index contributed by atoms with van der Waals surface area (Å²) in [5.74, 6) is -0.757. The molecule has 67 heavy (non-hydrogen) atoms. The topological polar surface area (TPSA) is 236 Å². The van der Waals surface area contributed by atoms with Gasteiger partial charge in [0.25, 0.3) is 5.91 Å². The Morgan fingerprint density at radius 3 is 2.42 bits per heavy atom. The van der Waals surface area contributed by atoms with Gasteiger partial charge in [0.05, 0.1) is 53.7 Å². The Bertz CT molecular complexity index is 2870. The predicted octanol–water partition coefficient (Wildman–Crippen LogP) is 3.42. The highest BCUT2D eigenvalue weighted by Crippen LogP contribution is 2.34. The first kappa shape index (κ1) is 43.2. The average Bonchev–Trinajstić information content (AvgIpc) is 4.15. The van der Waals surface area contributed by atoms with E-state index in [0.29, 0.717) is 124 Å². The molecule has 0 saturated carbocycles. The second kappa shape index (κ2) is 17.9. The number of hydrogen-bond acceptors (Lipinski definition) is 15. The molecule has 4 aliphatic heterocycles. The van der Waals surface area contributed by atoms with E-state index in [1.165, 1.54) is 18.5 Å². The van der Waals surface area contributed by atoms with Crippen LogP contribution in [0.2, 0.25) is 0 Å². The lowest BCUT2D eigenvalue weighted by atomic mass is 9.87. The summed E-state index contributed by atoms with van der Waals surface area (Å²) in [5, 5.41) is 39.7. The maximum atomic E-state index is 15.3. The van der Waals surface area contributed by atoms with E-state index in [2.05, 4.69) is 31.9 Å². The van der Waals surface area contributed by atoms with Crippen LogP contribution >= 0.6 is 0 Å². The van der Waals surface area contributed by atoms with Crippen LogP contribution in [-0.2, 0) is 14.4 Å². The molecule has 1 aromatic carbocycles. The molecular weight excluding hydrogens is 864 g/mol. The highest BCUT2D eigenvalue weighted by molar-refractivity contribution is 6.01. The number of benzene rings is 1. The van der Waals surface area contributed by atoms with Crippen LogP contribution in [0, 0.1) is 17.1 Å². The van der Waals surface area contributed by atoms with Gasteiger partial charge in [-0.1, -0.05) is 5.16 Å². The first-order valence-corrected chi connectivity index (χ1v) is 22.4. The summed E-state index contributed by atoms with van der Waals surface area (Å²) in [7, 11) is 0. The van der Waals surface area contributed by atoms with Crippen LogP contribution in [-0.4, -0.2) is 137 Å². The van der Waals surface area contributed by atoms with E-state index in [1.54, 1.807) is 51.1 Å². The fourth-order valence-electron chi connectivity index (χ4n) is 9.44. The molecule has 9 heterocycles. The van der Waals surface area contributed by atoms with Crippen LogP contribution < -0.4 is 20.4 Å². The Kier molecular flexibility index (Phi) is 11.5. The summed E-state index contributed by atoms with van der Waals surface area (Å²) in [6.45, 7) is 3.95. The van der Waals surface area contributed by atoms with Gasteiger partial charge >= 0.3 is 0 Å². The van der Waals surface area contributed by atoms with Crippen LogP contribution in [0.3, 0.4) is 0 Å². The average molecular weight is 911 g/mol. The molecule has 0 spiro atoms. The molecule has 0 radical (unpaired) electrons. The molecule has 5 aromatic heterocycles. The zero-order valence-corrected chi connectivity index (χ0v) is 36.4. The largest absolute Gasteiger partial charge is 0.389 e. The zero-order chi connectivity index (χ0) is 46.2. The molecule has 3 N–H and O–H groups in total. The number of nitrogens with one attached hydrogen (secondary N) is 2. The first-order valence-electron chi connectivity index (χ1n) is 22.4. The van der Waals surface area contributed by atoms with Crippen molar-refractivity contribution in [3.63, 3.8) is 0 Å². The van der Waals surface area contributed by atoms with Crippen LogP contribution in [0.5, 0.6) is 0 Å². The smallest absolute Gasteiger partial charge is 0.276 e. The van der Waals surface area contributed by atoms with E-state index in [0.717, 1.165) is 11.4 Å². The standard InChI is InChI=1S/C46H47FN14O6/c47-34-21-32(52-35-3-6-40(62)54-44(35)64)2-4-38(34)56-14-10-46(66,11-15-56)22-41(63)58-12-7-33(8-13-58)60-27-31(26-50-60)37-28-61-43(30(23-48)25-51-61)42(53-37)29-1-5-39(49-24-29)57-16-18-59(19-17-57)45(65)36-9-20-67-55-36/h1-2,4-5,9,20-21,24-28,33,35,52,66H,3,6-8,10-19,22H2,(H,54,62,64). The molecule has 10 rings (SSSR count). The number of rotatable bonds is 10. The molecule has 1 atom stereocenters. The number of imide groups is 1. The van der Waals surface area contributed by atoms with Gasteiger partial charge in [-0.2, -0.15) is 15.5 Å². The molecule has 344 valence electrons. The number of hydrogen-bond donors (Lipinski definition) is 3. The van der Waals surface area contributed by atoms with Crippen LogP contribution in [0.4, 0.5) is 21.6 Å². The Morgan fingerprint density at radius 1 is 0.910 bits per heavy atom. The first-order chi connectivity index (χ1) is 32.5. The quantitative estimate of drug-likeness (QED) is 0.167. The normalized spacial score (nSPS) is 19.1. The number of carbonyl (C=O) groups is 4. The Balaban J connectivity index is 0.740. The highest BCUT2D eigenvalue weighted by atomic mass is 19.1. The molecule has 20 nitrogen and oxygen atoms in total. The molecule has 21 heteroatoms. The Labute approximate surface area is 382 Å². The van der Waals surface area contributed by atoms with Crippen molar-refractivity contribution in [2.75, 3.05) is 67.5 Å². The van der Waals surface area contributed by atoms with Gasteiger partial charge in [0.15, 0.2) is 5.69 Å². The van der Waals surface area contributed by atoms with E-state index < -0.39 is 23.4 Å². The van der Waals surface area contributed by atoms with Gasteiger partial charge in [0.1, 0.15) is 41.1 Å². The van der Waals surface area contributed by atoms with Crippen molar-refractivity contribution in [1.29, 1.82) is 5.26 Å². The summed E-state index contributed by atoms with van der Waals surface area (Å²) in [5.41, 5.74) is 3.42. The molecule has 4 amide bonds. The van der Waals surface area contributed by atoms with E-state index in [4.69, 9.17) is 19.6 Å². The number of aromatic nitrogens is 7. The van der Waals surface area contributed by atoms with Crippen molar-refractivity contribution in [2.45, 2.75) is 62.6 Å². The maximum absolute atomic E-state index is 15.3. The maximum Gasteiger partial charge on any atom is 0.276 e. The molecule has 4 aliphatic rings. The summed E-state index contributed by atoms with van der Waals surface area (Å²) in [6.07, 6.45) is 12.5. The molecule has 0 aliphatic carbocycles. The molecular formula is C46H47FN14O6. The molecule has 4 fully saturated rings. The number of piperazine rings is 1. The number of likely N-dealkylation sites (tertiary alicyclic amines) is 1. The van der Waals surface area contributed by atoms with Crippen LogP contribution in [0.1, 0.15) is 67.0 Å². The number of anilines is 3. The number of aliphatic hydroxyl groups is 1. The van der Waals surface area contributed by atoms with Gasteiger partial charge in [0, 0.05) is 94.1 Å². The van der Waals surface area contributed by atoms with Gasteiger partial charge in [-0.25, -0.2) is 18.9 Å². The van der Waals surface area contributed by atoms with Crippen molar-refractivity contribution in [2.24, 2.45) is 0 Å². The van der Waals surface area contributed by atoms with Crippen molar-refractivity contribution in [3.05, 3.63) is 90.7 Å². The fourth-order valence-corrected chi connectivity index (χ4v) is 9.44. The summed E-state index contributed by atoms with van der Waals surface area (Å²) in [4.78, 5) is 67.2. The van der Waals surface area contributed by atoms with Gasteiger partial charge < -0.3 is 34.5 Å². The third-order valence-electron chi connectivity index (χ3n) is 13.3. The Morgan fingerprint density at radius 2 is 1.72 bits per heavy atom. The van der Waals surface area contributed by atoms with Crippen molar-refractivity contribution in [3.8, 4) is 28.6 Å². The third-order valence-corrected chi connectivity index (χ3v) is 13.3. The van der Waals surface area contributed by atoms with Crippen LogP contribution in [0.25, 0.3) is 28.0 Å². The summed E-state index contributed by atoms with van der Waals surface area (Å²) in [6, 6.07) is 11.7. The molecule has 0 bridgehead atoms. The lowest BCUT2D eigenvalue weighted by molar-refractivity contribution is -0.139. The van der Waals surface area contributed by atoms with Gasteiger partial charge in [0.2, 0.25) is 17.7 Å². The summed E-state index contributed by atoms with van der Waals surface area (Å²) < 4.78 is 23.7. The number of nitrogens with zero attached hydrogens (tertiary/aromatic N) is 12. The van der Waals surface area contributed by atoms with Crippen molar-refractivity contribution in [1.82, 2.24) is 49.6 Å². The number of halogens is 1. The van der Waals surface area contributed by atoms with Crippen molar-refractivity contribution < 1.29 is 33.2 Å². The lowest BCUT2D eigenvalue weighted by Gasteiger charge is -2.40. The Hall–Kier alpha value is -7.73. The number of carbonyl (C=O) groups excluding carboxylic acids is 4. The van der Waals surface area contributed by atoms with E-state index in [1.807, 2.05) is 27.9 Å². The molecule has 1 unspecified atom stereocenters. The van der Waals surface area contributed by atoms with Gasteiger partial charge in [-0.3, -0.25) is 29.2 Å². The third kappa shape index (κ3) is 8.86. The zero-order valence-electron chi connectivity index (χ0n) is 36.4. The SMILES string of the molecule is N#Cc1cnn2cc(-c3cnn(C4CCN(C(=O)CC5(O)CCN(c6ccc(NC7CCC(=O)NC7=O)cc6F)CC5)CC4)c3)nc(-c3ccc(N4CCN(C(=O)c5ccon5)CC4)nc3)c12. The highest BCUT2D eigenvalue weighted by Gasteiger charge is 2.38. The molecule has 4 saturated heterocycles. The minimum absolute atomic E-state index is 0.0188. The molecule has 6 aromatic rings. The second-order valence-electron chi connectivity index (χ2n) is 17.5. The minimum Gasteiger partial charge on any atom is -0.389 e. The lowest BCUT2D eigenvalue weighted by Crippen LogP contribution is -2.49. The number of amides is 4. The monoisotopic (exact) mass is 910 g/mol.